The van der Waals surface area contributed by atoms with Gasteiger partial charge in [0.1, 0.15) is 11.3 Å². The molecule has 1 fully saturated rings. The minimum atomic E-state index is 0.143. The Morgan fingerprint density at radius 3 is 3.00 bits per heavy atom. The molecular weight excluding hydrogens is 209 g/mol. The molecule has 2 aliphatic heterocycles. The third kappa shape index (κ3) is 1.09. The van der Waals surface area contributed by atoms with Crippen molar-refractivity contribution in [1.82, 2.24) is 4.98 Å². The van der Waals surface area contributed by atoms with Crippen LogP contribution in [0.5, 0.6) is 0 Å². The van der Waals surface area contributed by atoms with Crippen LogP contribution in [-0.4, -0.2) is 11.1 Å². The summed E-state index contributed by atoms with van der Waals surface area (Å²) in [6, 6.07) is 1.70. The summed E-state index contributed by atoms with van der Waals surface area (Å²) in [5, 5.41) is 1.19. The van der Waals surface area contributed by atoms with E-state index < -0.39 is 0 Å². The summed E-state index contributed by atoms with van der Waals surface area (Å²) in [6.07, 6.45) is 2.45. The fraction of sp³-hybridized carbons (Fsp3) is 0.444. The van der Waals surface area contributed by atoms with Crippen LogP contribution in [0, 0.1) is 0 Å². The van der Waals surface area contributed by atoms with Gasteiger partial charge in [-0.15, -0.1) is 0 Å². The lowest BCUT2D eigenvalue weighted by Crippen LogP contribution is -2.39. The van der Waals surface area contributed by atoms with Crippen molar-refractivity contribution in [2.45, 2.75) is 25.0 Å². The first-order valence-corrected chi connectivity index (χ1v) is 5.00. The Bertz CT molecular complexity index is 374. The van der Waals surface area contributed by atoms with Crippen LogP contribution in [0.3, 0.4) is 0 Å². The van der Waals surface area contributed by atoms with Crippen molar-refractivity contribution in [2.75, 3.05) is 0 Å². The molecule has 1 aromatic heterocycles. The zero-order chi connectivity index (χ0) is 9.00. The van der Waals surface area contributed by atoms with Crippen molar-refractivity contribution in [1.29, 1.82) is 0 Å². The van der Waals surface area contributed by atoms with Gasteiger partial charge in [-0.1, -0.05) is 23.2 Å². The average Bonchev–Trinajstić information content (AvgIpc) is 2.00. The maximum Gasteiger partial charge on any atom is 0.130 e. The quantitative estimate of drug-likeness (QED) is 0.622. The predicted octanol–water partition coefficient (Wildman–Crippen LogP) is 2.77. The van der Waals surface area contributed by atoms with E-state index in [4.69, 9.17) is 27.9 Å². The second-order valence-electron chi connectivity index (χ2n) is 3.48. The SMILES string of the molecule is Clc1cc(Cl)c2c(n1)C1CC(C2)O1. The molecule has 2 bridgehead atoms. The van der Waals surface area contributed by atoms with Crippen molar-refractivity contribution in [3.05, 3.63) is 27.5 Å². The Hall–Kier alpha value is -0.310. The molecule has 3 heterocycles. The molecule has 0 saturated carbocycles. The van der Waals surface area contributed by atoms with E-state index >= 15 is 0 Å². The Morgan fingerprint density at radius 1 is 1.46 bits per heavy atom. The molecule has 0 aromatic carbocycles. The number of rotatable bonds is 0. The molecule has 3 aliphatic rings. The Morgan fingerprint density at radius 2 is 2.23 bits per heavy atom. The molecule has 1 aliphatic carbocycles. The van der Waals surface area contributed by atoms with Gasteiger partial charge in [-0.2, -0.15) is 0 Å². The van der Waals surface area contributed by atoms with E-state index in [1.807, 2.05) is 0 Å². The summed E-state index contributed by atoms with van der Waals surface area (Å²) < 4.78 is 5.53. The van der Waals surface area contributed by atoms with Crippen LogP contribution in [0.1, 0.15) is 23.8 Å². The maximum absolute atomic E-state index is 6.05. The van der Waals surface area contributed by atoms with Gasteiger partial charge < -0.3 is 4.74 Å². The average molecular weight is 216 g/mol. The van der Waals surface area contributed by atoms with Gasteiger partial charge in [0.2, 0.25) is 0 Å². The molecular formula is C9H7Cl2NO. The highest BCUT2D eigenvalue weighted by molar-refractivity contribution is 6.34. The number of aromatic nitrogens is 1. The highest BCUT2D eigenvalue weighted by atomic mass is 35.5. The van der Waals surface area contributed by atoms with Gasteiger partial charge in [0.25, 0.3) is 0 Å². The van der Waals surface area contributed by atoms with Gasteiger partial charge in [-0.3, -0.25) is 0 Å². The minimum absolute atomic E-state index is 0.143. The molecule has 2 unspecified atom stereocenters. The van der Waals surface area contributed by atoms with E-state index in [2.05, 4.69) is 4.98 Å². The van der Waals surface area contributed by atoms with Crippen LogP contribution in [0.25, 0.3) is 0 Å². The summed E-state index contributed by atoms with van der Waals surface area (Å²) in [4.78, 5) is 4.25. The van der Waals surface area contributed by atoms with Crippen LogP contribution in [0.2, 0.25) is 10.2 Å². The molecule has 68 valence electrons. The van der Waals surface area contributed by atoms with Crippen molar-refractivity contribution < 1.29 is 4.74 Å². The molecule has 0 amide bonds. The fourth-order valence-corrected chi connectivity index (χ4v) is 2.53. The highest BCUT2D eigenvalue weighted by Crippen LogP contribution is 2.45. The molecule has 4 rings (SSSR count). The van der Waals surface area contributed by atoms with Crippen molar-refractivity contribution >= 4 is 23.2 Å². The molecule has 2 nitrogen and oxygen atoms in total. The first kappa shape index (κ1) is 8.04. The molecule has 13 heavy (non-hydrogen) atoms. The van der Waals surface area contributed by atoms with E-state index in [0.29, 0.717) is 11.3 Å². The lowest BCUT2D eigenvalue weighted by Gasteiger charge is -2.42. The maximum atomic E-state index is 6.05. The summed E-state index contributed by atoms with van der Waals surface area (Å²) >= 11 is 11.9. The lowest BCUT2D eigenvalue weighted by atomic mass is 9.86. The molecule has 0 N–H and O–H groups in total. The summed E-state index contributed by atoms with van der Waals surface area (Å²) in [5.74, 6) is 0. The van der Waals surface area contributed by atoms with E-state index in [1.165, 1.54) is 0 Å². The van der Waals surface area contributed by atoms with Crippen molar-refractivity contribution in [3.8, 4) is 0 Å². The van der Waals surface area contributed by atoms with Crippen LogP contribution >= 0.6 is 23.2 Å². The first-order chi connectivity index (χ1) is 6.24. The van der Waals surface area contributed by atoms with E-state index in [-0.39, 0.29) is 6.10 Å². The second kappa shape index (κ2) is 2.59. The number of hydrogen-bond acceptors (Lipinski definition) is 2. The minimum Gasteiger partial charge on any atom is -0.368 e. The normalized spacial score (nSPS) is 29.4. The smallest absolute Gasteiger partial charge is 0.130 e. The van der Waals surface area contributed by atoms with Crippen molar-refractivity contribution in [2.24, 2.45) is 0 Å². The topological polar surface area (TPSA) is 22.1 Å². The van der Waals surface area contributed by atoms with Gasteiger partial charge in [0.05, 0.1) is 11.8 Å². The monoisotopic (exact) mass is 215 g/mol. The third-order valence-corrected chi connectivity index (χ3v) is 3.17. The fourth-order valence-electron chi connectivity index (χ4n) is 1.99. The standard InChI is InChI=1S/C9H7Cl2NO/c10-6-3-8(11)12-9-5(6)1-4-2-7(9)13-4/h3-4,7H,1-2H2. The first-order valence-electron chi connectivity index (χ1n) is 4.24. The highest BCUT2D eigenvalue weighted by Gasteiger charge is 2.40. The predicted molar refractivity (Wildman–Crippen MR) is 50.2 cm³/mol. The Labute approximate surface area is 85.8 Å². The largest absolute Gasteiger partial charge is 0.368 e. The van der Waals surface area contributed by atoms with Crippen LogP contribution in [0.4, 0.5) is 0 Å². The second-order valence-corrected chi connectivity index (χ2v) is 4.27. The zero-order valence-electron chi connectivity index (χ0n) is 6.76. The number of nitrogens with zero attached hydrogens (tertiary/aromatic N) is 1. The summed E-state index contributed by atoms with van der Waals surface area (Å²) in [6.45, 7) is 0. The lowest BCUT2D eigenvalue weighted by molar-refractivity contribution is -0.139. The van der Waals surface area contributed by atoms with Gasteiger partial charge in [0.15, 0.2) is 0 Å². The molecule has 1 saturated heterocycles. The van der Waals surface area contributed by atoms with Crippen molar-refractivity contribution in [3.63, 3.8) is 0 Å². The molecule has 0 radical (unpaired) electrons. The number of ether oxygens (including phenoxy) is 1. The summed E-state index contributed by atoms with van der Waals surface area (Å²) in [5.41, 5.74) is 2.07. The van der Waals surface area contributed by atoms with Crippen LogP contribution < -0.4 is 0 Å². The molecule has 0 spiro atoms. The molecule has 1 aromatic rings. The van der Waals surface area contributed by atoms with Gasteiger partial charge in [0, 0.05) is 17.9 Å². The number of pyridine rings is 1. The molecule has 2 atom stereocenters. The third-order valence-electron chi connectivity index (χ3n) is 2.64. The summed E-state index contributed by atoms with van der Waals surface area (Å²) in [7, 11) is 0. The van der Waals surface area contributed by atoms with Gasteiger partial charge in [-0.05, 0) is 11.6 Å². The van der Waals surface area contributed by atoms with Gasteiger partial charge in [-0.25, -0.2) is 4.98 Å². The van der Waals surface area contributed by atoms with Gasteiger partial charge >= 0.3 is 0 Å². The Balaban J connectivity index is 2.20. The van der Waals surface area contributed by atoms with Crippen LogP contribution in [-0.2, 0) is 11.2 Å². The Kier molecular flexibility index (Phi) is 1.60. The number of hydrogen-bond donors (Lipinski definition) is 0. The number of halogens is 2. The molecule has 4 heteroatoms. The zero-order valence-corrected chi connectivity index (χ0v) is 8.27. The van der Waals surface area contributed by atoms with E-state index in [9.17, 15) is 0 Å². The van der Waals surface area contributed by atoms with E-state index in [0.717, 1.165) is 29.1 Å². The van der Waals surface area contributed by atoms with E-state index in [1.54, 1.807) is 6.07 Å². The van der Waals surface area contributed by atoms with Crippen LogP contribution in [0.15, 0.2) is 6.07 Å².